The molecule has 8 aromatic carbocycles. The van der Waals surface area contributed by atoms with E-state index in [-0.39, 0.29) is 6.04 Å². The van der Waals surface area contributed by atoms with Crippen molar-refractivity contribution in [3.8, 4) is 22.3 Å². The molecule has 1 aliphatic heterocycles. The van der Waals surface area contributed by atoms with E-state index >= 15 is 0 Å². The molecule has 0 saturated heterocycles. The Hall–Kier alpha value is -7.23. The number of para-hydroxylation sites is 2. The largest absolute Gasteiger partial charge is 0.456 e. The topological polar surface area (TPSA) is 30.4 Å². The predicted molar refractivity (Wildman–Crippen MR) is 235 cm³/mol. The molecule has 10 aromatic rings. The zero-order valence-electron chi connectivity index (χ0n) is 30.7. The fourth-order valence-electron chi connectivity index (χ4n) is 8.80. The minimum Gasteiger partial charge on any atom is -0.456 e. The van der Waals surface area contributed by atoms with E-state index in [1.165, 1.54) is 38.1 Å². The number of allylic oxidation sites excluding steroid dienone is 2. The zero-order valence-corrected chi connectivity index (χ0v) is 30.7. The summed E-state index contributed by atoms with van der Waals surface area (Å²) in [6, 6.07) is 64.8. The third-order valence-corrected chi connectivity index (χ3v) is 11.4. The van der Waals surface area contributed by atoms with Crippen molar-refractivity contribution in [3.05, 3.63) is 211 Å². The van der Waals surface area contributed by atoms with Crippen LogP contribution in [0, 0.1) is 0 Å². The van der Waals surface area contributed by atoms with Crippen LogP contribution >= 0.6 is 0 Å². The van der Waals surface area contributed by atoms with Crippen LogP contribution in [0.4, 0.5) is 0 Å². The van der Waals surface area contributed by atoms with E-state index in [9.17, 15) is 0 Å². The van der Waals surface area contributed by atoms with E-state index in [0.29, 0.717) is 6.42 Å². The summed E-state index contributed by atoms with van der Waals surface area (Å²) < 4.78 is 8.72. The monoisotopic (exact) mass is 716 g/mol. The zero-order chi connectivity index (χ0) is 37.2. The van der Waals surface area contributed by atoms with Gasteiger partial charge in [0.05, 0.1) is 28.5 Å². The van der Waals surface area contributed by atoms with Crippen LogP contribution in [-0.4, -0.2) is 10.3 Å². The number of aromatic nitrogens is 1. The Kier molecular flexibility index (Phi) is 7.46. The first-order valence-corrected chi connectivity index (χ1v) is 19.2. The van der Waals surface area contributed by atoms with E-state index in [2.05, 4.69) is 181 Å². The first kappa shape index (κ1) is 32.2. The van der Waals surface area contributed by atoms with Gasteiger partial charge in [0.25, 0.3) is 0 Å². The molecule has 3 heteroatoms. The van der Waals surface area contributed by atoms with Gasteiger partial charge in [0.2, 0.25) is 0 Å². The minimum absolute atomic E-state index is 0.169. The molecule has 1 unspecified atom stereocenters. The number of aliphatic imine (C=N–C) groups is 1. The molecule has 0 N–H and O–H groups in total. The quantitative estimate of drug-likeness (QED) is 0.163. The number of furan rings is 1. The molecule has 3 nitrogen and oxygen atoms in total. The molecule has 2 aromatic heterocycles. The number of hydrogen-bond acceptors (Lipinski definition) is 2. The van der Waals surface area contributed by atoms with E-state index in [1.54, 1.807) is 0 Å². The van der Waals surface area contributed by atoms with E-state index in [1.807, 2.05) is 12.1 Å². The summed E-state index contributed by atoms with van der Waals surface area (Å²) in [6.07, 6.45) is 2.98. The molecular weight excluding hydrogens is 681 g/mol. The summed E-state index contributed by atoms with van der Waals surface area (Å²) in [6.45, 7) is 4.84. The maximum Gasteiger partial charge on any atom is 0.135 e. The average molecular weight is 717 g/mol. The predicted octanol–water partition coefficient (Wildman–Crippen LogP) is 14.2. The van der Waals surface area contributed by atoms with Gasteiger partial charge in [-0.2, -0.15) is 0 Å². The summed E-state index contributed by atoms with van der Waals surface area (Å²) in [5.74, 6) is 0. The van der Waals surface area contributed by atoms with Crippen LogP contribution in [0.5, 0.6) is 0 Å². The highest BCUT2D eigenvalue weighted by atomic mass is 16.3. The summed E-state index contributed by atoms with van der Waals surface area (Å²) in [5, 5.41) is 7.21. The Morgan fingerprint density at radius 3 is 2.04 bits per heavy atom. The summed E-state index contributed by atoms with van der Waals surface area (Å²) in [5.41, 5.74) is 14.1. The average Bonchev–Trinajstić information content (AvgIpc) is 3.75. The third kappa shape index (κ3) is 5.24. The molecule has 0 bridgehead atoms. The summed E-state index contributed by atoms with van der Waals surface area (Å²) in [4.78, 5) is 5.40. The van der Waals surface area contributed by atoms with Crippen molar-refractivity contribution in [2.75, 3.05) is 0 Å². The number of hydrogen-bond donors (Lipinski definition) is 0. The Balaban J connectivity index is 1.15. The molecule has 1 aliphatic rings. The minimum atomic E-state index is -0.169. The highest BCUT2D eigenvalue weighted by molar-refractivity contribution is 6.23. The standard InChI is InChI=1S/C53H36N2O/c1-34-30-46(36-15-4-2-5-16-36)54-47(37-17-6-3-7-18-37)33-49(34)55-48-28-26-35-14-8-9-21-41(35)52(48)44-24-13-23-42(53(44)55)40-20-12-19-38(31-40)39-27-29-51-45(32-39)43-22-10-11-25-50(43)56-51/h2-29,31-33,49H,1,30H2. The second kappa shape index (κ2) is 13.0. The molecule has 0 aliphatic carbocycles. The molecular formula is C53H36N2O. The van der Waals surface area contributed by atoms with Gasteiger partial charge in [0, 0.05) is 33.5 Å². The SMILES string of the molecule is C=C1CC(c2ccccc2)=NC(c2ccccc2)=CC1n1c2ccc3ccccc3c2c2cccc(-c3cccc(-c4ccc5oc6ccccc6c5c4)c3)c21. The fourth-order valence-corrected chi connectivity index (χ4v) is 8.80. The molecule has 0 radical (unpaired) electrons. The maximum atomic E-state index is 6.18. The van der Waals surface area contributed by atoms with Crippen molar-refractivity contribution < 1.29 is 4.42 Å². The van der Waals surface area contributed by atoms with Crippen LogP contribution in [0.2, 0.25) is 0 Å². The first-order chi connectivity index (χ1) is 27.7. The molecule has 0 saturated carbocycles. The molecule has 56 heavy (non-hydrogen) atoms. The van der Waals surface area contributed by atoms with Crippen LogP contribution in [0.15, 0.2) is 210 Å². The Morgan fingerprint density at radius 1 is 0.518 bits per heavy atom. The highest BCUT2D eigenvalue weighted by Crippen LogP contribution is 2.45. The van der Waals surface area contributed by atoms with Gasteiger partial charge in [0.15, 0.2) is 0 Å². The van der Waals surface area contributed by atoms with Gasteiger partial charge < -0.3 is 8.98 Å². The van der Waals surface area contributed by atoms with Gasteiger partial charge in [-0.25, -0.2) is 0 Å². The van der Waals surface area contributed by atoms with Crippen molar-refractivity contribution in [2.45, 2.75) is 12.5 Å². The Labute approximate surface area is 324 Å². The fraction of sp³-hybridized carbons (Fsp3) is 0.0377. The normalized spacial score (nSPS) is 14.8. The lowest BCUT2D eigenvalue weighted by molar-refractivity contribution is 0.669. The van der Waals surface area contributed by atoms with Crippen molar-refractivity contribution in [1.29, 1.82) is 0 Å². The van der Waals surface area contributed by atoms with Crippen molar-refractivity contribution in [3.63, 3.8) is 0 Å². The lowest BCUT2D eigenvalue weighted by Gasteiger charge is -2.22. The number of benzene rings is 8. The first-order valence-electron chi connectivity index (χ1n) is 19.2. The Bertz CT molecular complexity index is 3230. The second-order valence-electron chi connectivity index (χ2n) is 14.8. The summed E-state index contributed by atoms with van der Waals surface area (Å²) >= 11 is 0. The van der Waals surface area contributed by atoms with E-state index in [4.69, 9.17) is 16.0 Å². The van der Waals surface area contributed by atoms with Crippen molar-refractivity contribution >= 4 is 65.9 Å². The summed E-state index contributed by atoms with van der Waals surface area (Å²) in [7, 11) is 0. The van der Waals surface area contributed by atoms with Crippen LogP contribution < -0.4 is 0 Å². The van der Waals surface area contributed by atoms with Gasteiger partial charge in [0.1, 0.15) is 11.2 Å². The molecule has 264 valence electrons. The van der Waals surface area contributed by atoms with Crippen LogP contribution in [0.3, 0.4) is 0 Å². The lowest BCUT2D eigenvalue weighted by Crippen LogP contribution is -2.11. The van der Waals surface area contributed by atoms with Gasteiger partial charge in [-0.3, -0.25) is 4.99 Å². The molecule has 11 rings (SSSR count). The highest BCUT2D eigenvalue weighted by Gasteiger charge is 2.27. The molecule has 0 spiro atoms. The van der Waals surface area contributed by atoms with Crippen molar-refractivity contribution in [1.82, 2.24) is 4.57 Å². The molecule has 3 heterocycles. The van der Waals surface area contributed by atoms with Gasteiger partial charge in [-0.15, -0.1) is 0 Å². The molecule has 1 atom stereocenters. The number of fused-ring (bicyclic) bond motifs is 8. The molecule has 0 amide bonds. The van der Waals surface area contributed by atoms with E-state index in [0.717, 1.165) is 66.7 Å². The molecule has 0 fully saturated rings. The lowest BCUT2D eigenvalue weighted by atomic mass is 9.95. The van der Waals surface area contributed by atoms with Crippen LogP contribution in [0.25, 0.3) is 82.5 Å². The smallest absolute Gasteiger partial charge is 0.135 e. The van der Waals surface area contributed by atoms with Crippen LogP contribution in [0.1, 0.15) is 23.6 Å². The Morgan fingerprint density at radius 2 is 1.18 bits per heavy atom. The van der Waals surface area contributed by atoms with E-state index < -0.39 is 0 Å². The number of nitrogens with zero attached hydrogens (tertiary/aromatic N) is 2. The van der Waals surface area contributed by atoms with Crippen molar-refractivity contribution in [2.24, 2.45) is 4.99 Å². The van der Waals surface area contributed by atoms with Gasteiger partial charge >= 0.3 is 0 Å². The van der Waals surface area contributed by atoms with Gasteiger partial charge in [-0.1, -0.05) is 158 Å². The van der Waals surface area contributed by atoms with Gasteiger partial charge in [-0.05, 0) is 80.6 Å². The van der Waals surface area contributed by atoms with Crippen LogP contribution in [-0.2, 0) is 0 Å². The number of rotatable bonds is 5. The third-order valence-electron chi connectivity index (χ3n) is 11.4. The second-order valence-corrected chi connectivity index (χ2v) is 14.8. The maximum absolute atomic E-state index is 6.18.